The van der Waals surface area contributed by atoms with E-state index in [1.165, 1.54) is 57.8 Å². The average Bonchev–Trinajstić information content (AvgIpc) is 3.39. The number of carbonyl (C=O) groups is 1. The van der Waals surface area contributed by atoms with Gasteiger partial charge in [0.15, 0.2) is 6.29 Å². The molecule has 0 aliphatic heterocycles. The topological polar surface area (TPSA) is 81.8 Å². The zero-order valence-corrected chi connectivity index (χ0v) is 32.4. The van der Waals surface area contributed by atoms with Gasteiger partial charge in [-0.3, -0.25) is 4.79 Å². The lowest BCUT2D eigenvalue weighted by Crippen LogP contribution is -2.68. The average molecular weight is 676 g/mol. The number of aliphatic hydroxyl groups is 1. The SMILES string of the molecule is CC(C)[C@@H]1CCC2(N)CC[C@]3(C)[C@H](CC[C@H]4C3(C)CC[C@H]3C(C)(C)[C@@H](OC(O)[C@H]5C[C@@H](C(=O)OCc6ccccc6)C5(C)C)CC[C@@]34C)[C@@H]12. The molecule has 274 valence electrons. The molecular weight excluding hydrogens is 606 g/mol. The van der Waals surface area contributed by atoms with Crippen LogP contribution in [0.2, 0.25) is 0 Å². The van der Waals surface area contributed by atoms with Crippen LogP contribution in [0.5, 0.6) is 0 Å². The summed E-state index contributed by atoms with van der Waals surface area (Å²) in [6, 6.07) is 9.85. The highest BCUT2D eigenvalue weighted by atomic mass is 16.6. The van der Waals surface area contributed by atoms with E-state index >= 15 is 0 Å². The van der Waals surface area contributed by atoms with E-state index in [9.17, 15) is 9.90 Å². The predicted octanol–water partition coefficient (Wildman–Crippen LogP) is 9.54. The zero-order chi connectivity index (χ0) is 35.4. The first-order valence-electron chi connectivity index (χ1n) is 20.2. The second-order valence-electron chi connectivity index (χ2n) is 20.6. The summed E-state index contributed by atoms with van der Waals surface area (Å²) in [5.41, 5.74) is 8.92. The fourth-order valence-corrected chi connectivity index (χ4v) is 14.6. The Morgan fingerprint density at radius 1 is 0.837 bits per heavy atom. The van der Waals surface area contributed by atoms with E-state index in [1.54, 1.807) is 0 Å². The van der Waals surface area contributed by atoms with E-state index in [0.29, 0.717) is 47.5 Å². The Hall–Kier alpha value is -1.43. The smallest absolute Gasteiger partial charge is 0.309 e. The van der Waals surface area contributed by atoms with Gasteiger partial charge in [-0.05, 0) is 139 Å². The number of hydrogen-bond donors (Lipinski definition) is 2. The Balaban J connectivity index is 1.03. The molecule has 5 nitrogen and oxygen atoms in total. The Bertz CT molecular complexity index is 1390. The third kappa shape index (κ3) is 5.26. The van der Waals surface area contributed by atoms with Crippen LogP contribution in [-0.2, 0) is 20.9 Å². The number of rotatable bonds is 7. The molecule has 3 unspecified atom stereocenters. The highest BCUT2D eigenvalue weighted by molar-refractivity contribution is 5.74. The Morgan fingerprint density at radius 3 is 2.22 bits per heavy atom. The second-order valence-corrected chi connectivity index (χ2v) is 20.6. The molecule has 6 saturated carbocycles. The minimum Gasteiger partial charge on any atom is -0.461 e. The normalized spacial score (nSPS) is 47.2. The van der Waals surface area contributed by atoms with Crippen LogP contribution in [0, 0.1) is 74.4 Å². The highest BCUT2D eigenvalue weighted by Crippen LogP contribution is 2.76. The van der Waals surface area contributed by atoms with E-state index in [0.717, 1.165) is 23.8 Å². The van der Waals surface area contributed by atoms with Gasteiger partial charge in [-0.1, -0.05) is 92.6 Å². The molecule has 0 radical (unpaired) electrons. The molecule has 7 rings (SSSR count). The maximum absolute atomic E-state index is 13.1. The maximum Gasteiger partial charge on any atom is 0.309 e. The van der Waals surface area contributed by atoms with Crippen molar-refractivity contribution in [3.63, 3.8) is 0 Å². The van der Waals surface area contributed by atoms with E-state index in [4.69, 9.17) is 15.2 Å². The molecule has 0 saturated heterocycles. The van der Waals surface area contributed by atoms with Crippen LogP contribution in [0.4, 0.5) is 0 Å². The summed E-state index contributed by atoms with van der Waals surface area (Å²) in [7, 11) is 0. The fourth-order valence-electron chi connectivity index (χ4n) is 14.6. The Morgan fingerprint density at radius 2 is 1.55 bits per heavy atom. The molecule has 6 aliphatic rings. The van der Waals surface area contributed by atoms with Crippen LogP contribution >= 0.6 is 0 Å². The molecule has 6 fully saturated rings. The molecule has 13 atom stereocenters. The van der Waals surface area contributed by atoms with Gasteiger partial charge in [-0.25, -0.2) is 0 Å². The largest absolute Gasteiger partial charge is 0.461 e. The van der Waals surface area contributed by atoms with Crippen molar-refractivity contribution >= 4 is 5.97 Å². The van der Waals surface area contributed by atoms with Gasteiger partial charge >= 0.3 is 5.97 Å². The number of fused-ring (bicyclic) bond motifs is 7. The lowest BCUT2D eigenvalue weighted by atomic mass is 9.32. The summed E-state index contributed by atoms with van der Waals surface area (Å²) in [6.07, 6.45) is 12.2. The summed E-state index contributed by atoms with van der Waals surface area (Å²) in [5, 5.41) is 11.6. The Kier molecular flexibility index (Phi) is 8.84. The van der Waals surface area contributed by atoms with Crippen LogP contribution in [-0.4, -0.2) is 29.0 Å². The van der Waals surface area contributed by atoms with Crippen LogP contribution in [0.3, 0.4) is 0 Å². The molecule has 1 aromatic rings. The lowest BCUT2D eigenvalue weighted by molar-refractivity contribution is -0.284. The number of hydrogen-bond acceptors (Lipinski definition) is 5. The minimum atomic E-state index is -0.871. The molecule has 0 bridgehead atoms. The fraction of sp³-hybridized carbons (Fsp3) is 0.841. The van der Waals surface area contributed by atoms with Crippen molar-refractivity contribution in [2.75, 3.05) is 0 Å². The van der Waals surface area contributed by atoms with Crippen molar-refractivity contribution in [2.24, 2.45) is 80.2 Å². The van der Waals surface area contributed by atoms with Crippen molar-refractivity contribution in [1.29, 1.82) is 0 Å². The molecule has 5 heteroatoms. The highest BCUT2D eigenvalue weighted by Gasteiger charge is 2.71. The van der Waals surface area contributed by atoms with E-state index < -0.39 is 6.29 Å². The number of carbonyl (C=O) groups excluding carboxylic acids is 1. The first-order chi connectivity index (χ1) is 22.9. The van der Waals surface area contributed by atoms with Gasteiger partial charge in [0.25, 0.3) is 0 Å². The summed E-state index contributed by atoms with van der Waals surface area (Å²) in [4.78, 5) is 13.1. The van der Waals surface area contributed by atoms with Crippen LogP contribution < -0.4 is 5.73 Å². The number of aliphatic hydroxyl groups excluding tert-OH is 1. The molecule has 3 N–H and O–H groups in total. The summed E-state index contributed by atoms with van der Waals surface area (Å²) >= 11 is 0. The van der Waals surface area contributed by atoms with Gasteiger partial charge in [0.1, 0.15) is 6.61 Å². The third-order valence-electron chi connectivity index (χ3n) is 17.8. The van der Waals surface area contributed by atoms with Gasteiger partial charge in [0.05, 0.1) is 12.0 Å². The van der Waals surface area contributed by atoms with Gasteiger partial charge < -0.3 is 20.3 Å². The number of nitrogens with two attached hydrogens (primary N) is 1. The van der Waals surface area contributed by atoms with E-state index in [1.807, 2.05) is 30.3 Å². The van der Waals surface area contributed by atoms with Crippen molar-refractivity contribution in [3.8, 4) is 0 Å². The zero-order valence-electron chi connectivity index (χ0n) is 32.4. The number of esters is 1. The van der Waals surface area contributed by atoms with E-state index in [-0.39, 0.29) is 45.7 Å². The minimum absolute atomic E-state index is 0.00886. The molecule has 0 spiro atoms. The van der Waals surface area contributed by atoms with Crippen LogP contribution in [0.1, 0.15) is 139 Å². The number of benzene rings is 1. The van der Waals surface area contributed by atoms with Crippen LogP contribution in [0.15, 0.2) is 30.3 Å². The molecule has 0 aromatic heterocycles. The molecule has 0 heterocycles. The van der Waals surface area contributed by atoms with Crippen molar-refractivity contribution in [2.45, 2.75) is 157 Å². The summed E-state index contributed by atoms with van der Waals surface area (Å²) < 4.78 is 12.5. The molecule has 6 aliphatic carbocycles. The molecule has 1 aromatic carbocycles. The van der Waals surface area contributed by atoms with Crippen LogP contribution in [0.25, 0.3) is 0 Å². The molecule has 0 amide bonds. The first-order valence-corrected chi connectivity index (χ1v) is 20.2. The first kappa shape index (κ1) is 36.0. The molecule has 49 heavy (non-hydrogen) atoms. The van der Waals surface area contributed by atoms with Gasteiger partial charge in [0, 0.05) is 11.5 Å². The quantitative estimate of drug-likeness (QED) is 0.222. The monoisotopic (exact) mass is 676 g/mol. The van der Waals surface area contributed by atoms with Gasteiger partial charge in [-0.15, -0.1) is 0 Å². The van der Waals surface area contributed by atoms with Crippen molar-refractivity contribution in [1.82, 2.24) is 0 Å². The molecular formula is C44H69NO4. The summed E-state index contributed by atoms with van der Waals surface area (Å²) in [5.74, 6) is 3.72. The Labute approximate surface area is 298 Å². The standard InChI is InChI=1S/C44H69NO4/c1-27(2)29-17-22-44(45)24-23-42(8)30(36(29)44)15-16-34-41(7)20-19-35(40(5,6)33(41)18-21-43(34,42)9)49-38(47)32-25-31(39(32,3)4)37(46)48-26-28-13-11-10-12-14-28/h10-14,27,29-36,38,47H,15-26,45H2,1-9H3/t29-,30+,31-,32+,33-,34+,35-,36+,38?,41-,42+,43?,44?/m0/s1. The van der Waals surface area contributed by atoms with E-state index in [2.05, 4.69) is 62.3 Å². The van der Waals surface area contributed by atoms with Gasteiger partial charge in [0.2, 0.25) is 0 Å². The number of ether oxygens (including phenoxy) is 2. The van der Waals surface area contributed by atoms with Gasteiger partial charge in [-0.2, -0.15) is 0 Å². The maximum atomic E-state index is 13.1. The van der Waals surface area contributed by atoms with Crippen molar-refractivity contribution in [3.05, 3.63) is 35.9 Å². The second kappa shape index (κ2) is 12.1. The summed E-state index contributed by atoms with van der Waals surface area (Å²) in [6.45, 7) is 22.3. The predicted molar refractivity (Wildman–Crippen MR) is 196 cm³/mol. The third-order valence-corrected chi connectivity index (χ3v) is 17.8. The van der Waals surface area contributed by atoms with Crippen molar-refractivity contribution < 1.29 is 19.4 Å². The lowest BCUT2D eigenvalue weighted by Gasteiger charge is -2.73.